The Balaban J connectivity index is 1.55. The fraction of sp³-hybridized carbons (Fsp3) is 0.650. The molecule has 25 heavy (non-hydrogen) atoms. The van der Waals surface area contributed by atoms with Crippen molar-refractivity contribution in [3.8, 4) is 6.07 Å². The number of amides is 1. The third-order valence-corrected chi connectivity index (χ3v) is 5.55. The number of anilines is 1. The fourth-order valence-corrected chi connectivity index (χ4v) is 4.15. The van der Waals surface area contributed by atoms with Crippen LogP contribution in [0.4, 0.5) is 5.82 Å². The number of pyridine rings is 1. The van der Waals surface area contributed by atoms with E-state index in [1.807, 2.05) is 19.9 Å². The molecule has 0 bridgehead atoms. The molecule has 1 N–H and O–H groups in total. The van der Waals surface area contributed by atoms with Crippen LogP contribution in [0, 0.1) is 31.1 Å². The predicted octanol–water partition coefficient (Wildman–Crippen LogP) is 3.24. The smallest absolute Gasteiger partial charge is 0.220 e. The molecule has 0 aromatic carbocycles. The van der Waals surface area contributed by atoms with Gasteiger partial charge >= 0.3 is 0 Å². The Kier molecular flexibility index (Phi) is 5.57. The van der Waals surface area contributed by atoms with Crippen LogP contribution in [0.15, 0.2) is 6.07 Å². The molecule has 5 nitrogen and oxygen atoms in total. The van der Waals surface area contributed by atoms with Gasteiger partial charge in [0, 0.05) is 31.2 Å². The molecule has 0 spiro atoms. The van der Waals surface area contributed by atoms with E-state index in [2.05, 4.69) is 21.3 Å². The lowest BCUT2D eigenvalue weighted by molar-refractivity contribution is -0.122. The van der Waals surface area contributed by atoms with Gasteiger partial charge in [0.1, 0.15) is 11.9 Å². The summed E-state index contributed by atoms with van der Waals surface area (Å²) in [6.07, 6.45) is 7.37. The first kappa shape index (κ1) is 17.7. The molecule has 5 heteroatoms. The molecule has 1 aliphatic carbocycles. The van der Waals surface area contributed by atoms with Gasteiger partial charge in [0.2, 0.25) is 5.91 Å². The van der Waals surface area contributed by atoms with E-state index in [0.717, 1.165) is 55.8 Å². The van der Waals surface area contributed by atoms with Gasteiger partial charge < -0.3 is 10.2 Å². The first-order valence-corrected chi connectivity index (χ1v) is 9.49. The van der Waals surface area contributed by atoms with Crippen LogP contribution in [0.3, 0.4) is 0 Å². The average Bonchev–Trinajstić information content (AvgIpc) is 3.07. The van der Waals surface area contributed by atoms with Crippen molar-refractivity contribution in [1.82, 2.24) is 10.3 Å². The van der Waals surface area contributed by atoms with E-state index in [-0.39, 0.29) is 5.91 Å². The quantitative estimate of drug-likeness (QED) is 0.913. The number of rotatable bonds is 4. The van der Waals surface area contributed by atoms with Crippen LogP contribution in [-0.2, 0) is 4.79 Å². The van der Waals surface area contributed by atoms with Crippen LogP contribution in [0.5, 0.6) is 0 Å². The van der Waals surface area contributed by atoms with Gasteiger partial charge in [-0.15, -0.1) is 0 Å². The van der Waals surface area contributed by atoms with E-state index in [9.17, 15) is 10.1 Å². The van der Waals surface area contributed by atoms with Crippen LogP contribution in [-0.4, -0.2) is 30.0 Å². The Bertz CT molecular complexity index is 665. The van der Waals surface area contributed by atoms with Gasteiger partial charge in [-0.05, 0) is 57.1 Å². The van der Waals surface area contributed by atoms with Crippen molar-refractivity contribution in [2.24, 2.45) is 5.92 Å². The lowest BCUT2D eigenvalue weighted by Gasteiger charge is -2.33. The van der Waals surface area contributed by atoms with Crippen LogP contribution in [0.25, 0.3) is 0 Å². The highest BCUT2D eigenvalue weighted by Crippen LogP contribution is 2.28. The van der Waals surface area contributed by atoms with Crippen molar-refractivity contribution in [3.63, 3.8) is 0 Å². The van der Waals surface area contributed by atoms with Crippen molar-refractivity contribution in [3.05, 3.63) is 22.9 Å². The topological polar surface area (TPSA) is 69.0 Å². The van der Waals surface area contributed by atoms with Gasteiger partial charge in [0.25, 0.3) is 0 Å². The number of carbonyl (C=O) groups excluding carboxylic acids is 1. The number of hydrogen-bond acceptors (Lipinski definition) is 4. The summed E-state index contributed by atoms with van der Waals surface area (Å²) >= 11 is 0. The Morgan fingerprint density at radius 2 is 1.96 bits per heavy atom. The van der Waals surface area contributed by atoms with Crippen molar-refractivity contribution < 1.29 is 4.79 Å². The highest BCUT2D eigenvalue weighted by Gasteiger charge is 2.25. The molecular weight excluding hydrogens is 312 g/mol. The highest BCUT2D eigenvalue weighted by molar-refractivity contribution is 5.76. The summed E-state index contributed by atoms with van der Waals surface area (Å²) in [4.78, 5) is 19.0. The maximum absolute atomic E-state index is 12.2. The maximum Gasteiger partial charge on any atom is 0.220 e. The largest absolute Gasteiger partial charge is 0.355 e. The van der Waals surface area contributed by atoms with Crippen LogP contribution >= 0.6 is 0 Å². The molecule has 2 heterocycles. The molecule has 1 aromatic heterocycles. The zero-order chi connectivity index (χ0) is 17.8. The molecule has 0 radical (unpaired) electrons. The van der Waals surface area contributed by atoms with Crippen molar-refractivity contribution >= 4 is 11.7 Å². The van der Waals surface area contributed by atoms with Gasteiger partial charge in [0.15, 0.2) is 0 Å². The molecule has 2 aliphatic rings. The Morgan fingerprint density at radius 1 is 1.28 bits per heavy atom. The molecule has 134 valence electrons. The zero-order valence-corrected chi connectivity index (χ0v) is 15.3. The molecule has 1 saturated carbocycles. The average molecular weight is 340 g/mol. The van der Waals surface area contributed by atoms with E-state index < -0.39 is 0 Å². The van der Waals surface area contributed by atoms with Crippen molar-refractivity contribution in [2.45, 2.75) is 64.8 Å². The van der Waals surface area contributed by atoms with Gasteiger partial charge in [0.05, 0.1) is 5.56 Å². The number of nitrogens with one attached hydrogen (secondary N) is 1. The minimum Gasteiger partial charge on any atom is -0.355 e. The molecule has 3 rings (SSSR count). The SMILES string of the molecule is Cc1cc(C)c(C#N)c(N2CCC(CC(=O)NC3CCCC3)CC2)n1. The summed E-state index contributed by atoms with van der Waals surface area (Å²) in [6, 6.07) is 4.67. The lowest BCUT2D eigenvalue weighted by atomic mass is 9.92. The summed E-state index contributed by atoms with van der Waals surface area (Å²) in [5.41, 5.74) is 2.62. The Hall–Kier alpha value is -2.09. The van der Waals surface area contributed by atoms with Crippen LogP contribution < -0.4 is 10.2 Å². The number of hydrogen-bond donors (Lipinski definition) is 1. The molecule has 1 amide bonds. The monoisotopic (exact) mass is 340 g/mol. The maximum atomic E-state index is 12.2. The number of nitriles is 1. The summed E-state index contributed by atoms with van der Waals surface area (Å²) < 4.78 is 0. The second kappa shape index (κ2) is 7.86. The van der Waals surface area contributed by atoms with Gasteiger partial charge in [-0.25, -0.2) is 4.98 Å². The van der Waals surface area contributed by atoms with E-state index in [1.54, 1.807) is 0 Å². The molecule has 2 fully saturated rings. The number of aryl methyl sites for hydroxylation is 2. The molecule has 0 unspecified atom stereocenters. The second-order valence-corrected chi connectivity index (χ2v) is 7.57. The first-order chi connectivity index (χ1) is 12.1. The zero-order valence-electron chi connectivity index (χ0n) is 15.3. The predicted molar refractivity (Wildman–Crippen MR) is 98.4 cm³/mol. The normalized spacial score (nSPS) is 19.0. The molecular formula is C20H28N4O. The summed E-state index contributed by atoms with van der Waals surface area (Å²) in [6.45, 7) is 5.67. The fourth-order valence-electron chi connectivity index (χ4n) is 4.15. The van der Waals surface area contributed by atoms with Crippen molar-refractivity contribution in [1.29, 1.82) is 5.26 Å². The van der Waals surface area contributed by atoms with E-state index in [4.69, 9.17) is 0 Å². The van der Waals surface area contributed by atoms with Crippen LogP contribution in [0.2, 0.25) is 0 Å². The van der Waals surface area contributed by atoms with Crippen LogP contribution in [0.1, 0.15) is 61.8 Å². The summed E-state index contributed by atoms with van der Waals surface area (Å²) in [5.74, 6) is 1.47. The number of nitrogens with zero attached hydrogens (tertiary/aromatic N) is 3. The third kappa shape index (κ3) is 4.31. The molecule has 0 atom stereocenters. The third-order valence-electron chi connectivity index (χ3n) is 5.55. The van der Waals surface area contributed by atoms with E-state index >= 15 is 0 Å². The second-order valence-electron chi connectivity index (χ2n) is 7.57. The van der Waals surface area contributed by atoms with E-state index in [1.165, 1.54) is 12.8 Å². The minimum atomic E-state index is 0.215. The lowest BCUT2D eigenvalue weighted by Crippen LogP contribution is -2.38. The molecule has 1 aliphatic heterocycles. The summed E-state index contributed by atoms with van der Waals surface area (Å²) in [7, 11) is 0. The van der Waals surface area contributed by atoms with Gasteiger partial charge in [-0.2, -0.15) is 5.26 Å². The Morgan fingerprint density at radius 3 is 2.60 bits per heavy atom. The van der Waals surface area contributed by atoms with E-state index in [0.29, 0.717) is 23.9 Å². The van der Waals surface area contributed by atoms with Crippen molar-refractivity contribution in [2.75, 3.05) is 18.0 Å². The highest BCUT2D eigenvalue weighted by atomic mass is 16.1. The van der Waals surface area contributed by atoms with Gasteiger partial charge in [-0.3, -0.25) is 4.79 Å². The molecule has 1 saturated heterocycles. The number of aromatic nitrogens is 1. The Labute approximate surface area is 150 Å². The standard InChI is InChI=1S/C20H28N4O/c1-14-11-15(2)22-20(18(14)13-21)24-9-7-16(8-10-24)12-19(25)23-17-5-3-4-6-17/h11,16-17H,3-10,12H2,1-2H3,(H,23,25). The first-order valence-electron chi connectivity index (χ1n) is 9.49. The number of carbonyl (C=O) groups is 1. The van der Waals surface area contributed by atoms with Gasteiger partial charge in [-0.1, -0.05) is 12.8 Å². The summed E-state index contributed by atoms with van der Waals surface area (Å²) in [5, 5.41) is 12.7. The number of piperidine rings is 1. The molecule has 1 aromatic rings. The minimum absolute atomic E-state index is 0.215.